The topological polar surface area (TPSA) is 25.1 Å². The number of hydrogen-bond acceptors (Lipinski definition) is 2. The van der Waals surface area contributed by atoms with E-state index >= 15 is 0 Å². The lowest BCUT2D eigenvalue weighted by molar-refractivity contribution is 1.18. The van der Waals surface area contributed by atoms with Gasteiger partial charge in [-0.05, 0) is 178 Å². The molecule has 0 saturated heterocycles. The number of nitrogens with one attached hydrogen (secondary N) is 1. The van der Waals surface area contributed by atoms with Gasteiger partial charge in [0.15, 0.2) is 0 Å². The number of anilines is 5. The highest BCUT2D eigenvalue weighted by molar-refractivity contribution is 9.10. The predicted octanol–water partition coefficient (Wildman–Crippen LogP) is 23.9. The molecular weight excluding hydrogens is 1140 g/mol. The zero-order valence-electron chi connectivity index (χ0n) is 48.9. The van der Waals surface area contributed by atoms with Crippen molar-refractivity contribution in [3.8, 4) is 55.9 Å². The lowest BCUT2D eigenvalue weighted by atomic mass is 10.0. The third kappa shape index (κ3) is 12.0. The van der Waals surface area contributed by atoms with E-state index in [1.165, 1.54) is 99.5 Å². The molecule has 0 aliphatic carbocycles. The van der Waals surface area contributed by atoms with Crippen LogP contribution in [-0.4, -0.2) is 9.13 Å². The van der Waals surface area contributed by atoms with Crippen LogP contribution >= 0.6 is 15.9 Å². The average molecular weight is 1210 g/mol. The fourth-order valence-corrected chi connectivity index (χ4v) is 12.2. The highest BCUT2D eigenvalue weighted by Crippen LogP contribution is 2.40. The monoisotopic (exact) mass is 1200 g/mol. The van der Waals surface area contributed by atoms with Crippen molar-refractivity contribution in [3.63, 3.8) is 0 Å². The molecule has 4 nitrogen and oxygen atoms in total. The third-order valence-corrected chi connectivity index (χ3v) is 16.8. The van der Waals surface area contributed by atoms with E-state index in [-0.39, 0.29) is 0 Å². The van der Waals surface area contributed by atoms with Gasteiger partial charge in [0.2, 0.25) is 0 Å². The van der Waals surface area contributed by atoms with E-state index in [0.29, 0.717) is 0 Å². The Labute approximate surface area is 528 Å². The number of aromatic nitrogens is 2. The molecule has 0 amide bonds. The number of fused-ring (bicyclic) bond motifs is 6. The van der Waals surface area contributed by atoms with Crippen molar-refractivity contribution < 1.29 is 0 Å². The Morgan fingerprint density at radius 3 is 0.955 bits per heavy atom. The van der Waals surface area contributed by atoms with E-state index in [1.54, 1.807) is 0 Å². The second-order valence-corrected chi connectivity index (χ2v) is 22.8. The Balaban J connectivity index is 0.000000134. The predicted molar refractivity (Wildman–Crippen MR) is 382 cm³/mol. The van der Waals surface area contributed by atoms with Crippen molar-refractivity contribution in [2.45, 2.75) is 0 Å². The van der Waals surface area contributed by atoms with Crippen LogP contribution < -0.4 is 10.2 Å². The van der Waals surface area contributed by atoms with Crippen LogP contribution in [0.4, 0.5) is 28.4 Å². The van der Waals surface area contributed by atoms with Gasteiger partial charge in [-0.1, -0.05) is 246 Å². The zero-order chi connectivity index (χ0) is 59.7. The second kappa shape index (κ2) is 25.8. The van der Waals surface area contributed by atoms with Crippen molar-refractivity contribution in [1.29, 1.82) is 0 Å². The van der Waals surface area contributed by atoms with Crippen LogP contribution in [0.25, 0.3) is 99.5 Å². The highest BCUT2D eigenvalue weighted by atomic mass is 79.9. The smallest absolute Gasteiger partial charge is 0.0541 e. The molecule has 0 atom stereocenters. The molecule has 1 N–H and O–H groups in total. The van der Waals surface area contributed by atoms with E-state index in [2.05, 4.69) is 375 Å². The highest BCUT2D eigenvalue weighted by Gasteiger charge is 2.17. The van der Waals surface area contributed by atoms with Gasteiger partial charge in [-0.25, -0.2) is 0 Å². The molecule has 424 valence electrons. The molecule has 14 aromatic carbocycles. The van der Waals surface area contributed by atoms with Crippen molar-refractivity contribution in [3.05, 3.63) is 368 Å². The maximum atomic E-state index is 3.45. The number of para-hydroxylation sites is 6. The van der Waals surface area contributed by atoms with Crippen LogP contribution in [0.3, 0.4) is 0 Å². The summed E-state index contributed by atoms with van der Waals surface area (Å²) in [5, 5.41) is 8.52. The first kappa shape index (κ1) is 55.6. The lowest BCUT2D eigenvalue weighted by Crippen LogP contribution is -2.09. The molecule has 0 fully saturated rings. The van der Waals surface area contributed by atoms with Crippen molar-refractivity contribution in [2.24, 2.45) is 0 Å². The maximum Gasteiger partial charge on any atom is 0.0541 e. The quantitative estimate of drug-likeness (QED) is 0.140. The molecule has 2 heterocycles. The summed E-state index contributed by atoms with van der Waals surface area (Å²) in [6.45, 7) is 0. The molecule has 16 rings (SSSR count). The van der Waals surface area contributed by atoms with Gasteiger partial charge in [0.25, 0.3) is 0 Å². The zero-order valence-corrected chi connectivity index (χ0v) is 50.4. The van der Waals surface area contributed by atoms with Gasteiger partial charge in [-0.15, -0.1) is 0 Å². The van der Waals surface area contributed by atoms with Crippen LogP contribution in [0.2, 0.25) is 0 Å². The molecule has 2 aromatic heterocycles. The van der Waals surface area contributed by atoms with Crippen LogP contribution in [0, 0.1) is 0 Å². The van der Waals surface area contributed by atoms with E-state index in [9.17, 15) is 0 Å². The summed E-state index contributed by atoms with van der Waals surface area (Å²) in [5.74, 6) is 0. The van der Waals surface area contributed by atoms with Gasteiger partial charge in [0, 0.05) is 65.8 Å². The maximum absolute atomic E-state index is 3.45. The molecular formula is C84H61BrN4. The Kier molecular flexibility index (Phi) is 16.1. The van der Waals surface area contributed by atoms with E-state index in [1.807, 2.05) is 24.3 Å². The fraction of sp³-hybridized carbons (Fsp3) is 0. The molecule has 0 aliphatic heterocycles. The molecule has 5 heteroatoms. The van der Waals surface area contributed by atoms with Gasteiger partial charge in [0.05, 0.1) is 22.1 Å². The lowest BCUT2D eigenvalue weighted by Gasteiger charge is -2.26. The Morgan fingerprint density at radius 2 is 0.517 bits per heavy atom. The standard InChI is InChI=1S/C42H30N2.C30H22N2.C12H9Br/c1-4-12-31(13-5-1)32-20-25-37(26-21-32)43(35-14-6-2-7-15-35)38-27-22-33(23-28-38)34-24-29-42-40(30-34)39-18-10-11-19-41(39)44(42)36-16-8-3-9-17-36;1-3-9-24(10-4-1)31-25-18-15-22(16-19-25)23-17-20-30-28(21-23)27-13-7-8-14-29(27)32(30)26-11-5-2-6-12-26;13-12-8-6-11(7-9-12)10-4-2-1-3-5-10/h1-30H;1-21,31H;1-9H. The molecule has 16 aromatic rings. The minimum absolute atomic E-state index is 1.08. The first-order valence-electron chi connectivity index (χ1n) is 30.1. The summed E-state index contributed by atoms with van der Waals surface area (Å²) in [7, 11) is 0. The van der Waals surface area contributed by atoms with Gasteiger partial charge in [-0.3, -0.25) is 0 Å². The normalized spacial score (nSPS) is 11.0. The number of rotatable bonds is 11. The van der Waals surface area contributed by atoms with E-state index in [4.69, 9.17) is 0 Å². The number of nitrogens with zero attached hydrogens (tertiary/aromatic N) is 3. The number of benzene rings is 14. The van der Waals surface area contributed by atoms with Crippen molar-refractivity contribution in [1.82, 2.24) is 9.13 Å². The van der Waals surface area contributed by atoms with Gasteiger partial charge in [0.1, 0.15) is 0 Å². The van der Waals surface area contributed by atoms with Crippen LogP contribution in [0.1, 0.15) is 0 Å². The van der Waals surface area contributed by atoms with Crippen LogP contribution in [0.5, 0.6) is 0 Å². The number of halogens is 1. The minimum atomic E-state index is 1.08. The summed E-state index contributed by atoms with van der Waals surface area (Å²) in [6, 6.07) is 129. The molecule has 0 radical (unpaired) electrons. The van der Waals surface area contributed by atoms with Crippen LogP contribution in [-0.2, 0) is 0 Å². The Bertz CT molecular complexity index is 4980. The molecule has 0 unspecified atom stereocenters. The first-order chi connectivity index (χ1) is 44.1. The average Bonchev–Trinajstić information content (AvgIpc) is 1.85. The van der Waals surface area contributed by atoms with Gasteiger partial charge >= 0.3 is 0 Å². The Hall–Kier alpha value is -11.2. The minimum Gasteiger partial charge on any atom is -0.356 e. The second-order valence-electron chi connectivity index (χ2n) is 21.9. The molecule has 0 bridgehead atoms. The van der Waals surface area contributed by atoms with Gasteiger partial charge in [-0.2, -0.15) is 0 Å². The Morgan fingerprint density at radius 1 is 0.225 bits per heavy atom. The van der Waals surface area contributed by atoms with E-state index < -0.39 is 0 Å². The SMILES string of the molecule is Brc1ccc(-c2ccccc2)cc1.c1ccc(-c2ccc(N(c3ccccc3)c3ccc(-c4ccc5c(c4)c4ccccc4n5-c4ccccc4)cc3)cc2)cc1.c1ccc(Nc2ccc(-c3ccc4c(c3)c3ccccc3n4-c3ccccc3)cc2)cc1. The summed E-state index contributed by atoms with van der Waals surface area (Å²) >= 11 is 3.42. The fourth-order valence-electron chi connectivity index (χ4n) is 12.0. The first-order valence-corrected chi connectivity index (χ1v) is 30.9. The number of hydrogen-bond donors (Lipinski definition) is 1. The summed E-state index contributed by atoms with van der Waals surface area (Å²) in [6.07, 6.45) is 0. The van der Waals surface area contributed by atoms with Crippen LogP contribution in [0.15, 0.2) is 368 Å². The largest absolute Gasteiger partial charge is 0.356 e. The molecule has 0 saturated carbocycles. The van der Waals surface area contributed by atoms with Crippen molar-refractivity contribution >= 4 is 88.0 Å². The van der Waals surface area contributed by atoms with Gasteiger partial charge < -0.3 is 19.4 Å². The summed E-state index contributed by atoms with van der Waals surface area (Å²) in [4.78, 5) is 2.31. The molecule has 0 spiro atoms. The van der Waals surface area contributed by atoms with Crippen molar-refractivity contribution in [2.75, 3.05) is 10.2 Å². The summed E-state index contributed by atoms with van der Waals surface area (Å²) in [5.41, 5.74) is 22.6. The molecule has 0 aliphatic rings. The van der Waals surface area contributed by atoms with E-state index in [0.717, 1.165) is 32.9 Å². The summed E-state index contributed by atoms with van der Waals surface area (Å²) < 4.78 is 5.83. The molecule has 89 heavy (non-hydrogen) atoms. The third-order valence-electron chi connectivity index (χ3n) is 16.3.